The summed E-state index contributed by atoms with van der Waals surface area (Å²) in [6.45, 7) is 8.25. The molecule has 1 atom stereocenters. The second-order valence-electron chi connectivity index (χ2n) is 4.70. The molecule has 0 saturated carbocycles. The molecule has 0 aliphatic carbocycles. The lowest BCUT2D eigenvalue weighted by molar-refractivity contribution is -0.136. The predicted molar refractivity (Wildman–Crippen MR) is 62.8 cm³/mol. The number of piperidine rings is 1. The summed E-state index contributed by atoms with van der Waals surface area (Å²) in [5, 5.41) is 3.35. The van der Waals surface area contributed by atoms with E-state index in [4.69, 9.17) is 0 Å². The minimum Gasteiger partial charge on any atom is -0.341 e. The van der Waals surface area contributed by atoms with Crippen molar-refractivity contribution in [2.75, 3.05) is 13.1 Å². The van der Waals surface area contributed by atoms with Crippen LogP contribution in [0.25, 0.3) is 0 Å². The highest BCUT2D eigenvalue weighted by atomic mass is 16.2. The Hall–Kier alpha value is -0.570. The number of rotatable bonds is 5. The molecule has 3 nitrogen and oxygen atoms in total. The Morgan fingerprint density at radius 2 is 2.27 bits per heavy atom. The molecule has 1 saturated heterocycles. The quantitative estimate of drug-likeness (QED) is 0.753. The lowest BCUT2D eigenvalue weighted by atomic mass is 10.0. The smallest absolute Gasteiger partial charge is 0.239 e. The van der Waals surface area contributed by atoms with Gasteiger partial charge in [-0.2, -0.15) is 0 Å². The predicted octanol–water partition coefficient (Wildman–Crippen LogP) is 1.78. The lowest BCUT2D eigenvalue weighted by Crippen LogP contribution is -2.52. The first-order valence-corrected chi connectivity index (χ1v) is 6.20. The van der Waals surface area contributed by atoms with Crippen molar-refractivity contribution >= 4 is 5.91 Å². The number of likely N-dealkylation sites (tertiary alicyclic amines) is 1. The molecule has 1 amide bonds. The number of carbonyl (C=O) groups excluding carboxylic acids is 1. The maximum absolute atomic E-state index is 12.0. The van der Waals surface area contributed by atoms with Crippen molar-refractivity contribution in [3.8, 4) is 0 Å². The molecular formula is C12H24N2O. The van der Waals surface area contributed by atoms with E-state index >= 15 is 0 Å². The van der Waals surface area contributed by atoms with Gasteiger partial charge < -0.3 is 10.2 Å². The first-order valence-electron chi connectivity index (χ1n) is 6.20. The first-order chi connectivity index (χ1) is 7.15. The van der Waals surface area contributed by atoms with Crippen molar-refractivity contribution in [3.63, 3.8) is 0 Å². The van der Waals surface area contributed by atoms with Gasteiger partial charge >= 0.3 is 0 Å². The van der Waals surface area contributed by atoms with Crippen LogP contribution in [0, 0.1) is 0 Å². The molecule has 0 aromatic carbocycles. The van der Waals surface area contributed by atoms with E-state index in [1.807, 2.05) is 4.90 Å². The fourth-order valence-corrected chi connectivity index (χ4v) is 2.07. The van der Waals surface area contributed by atoms with Gasteiger partial charge in [0.25, 0.3) is 0 Å². The minimum atomic E-state index is 0.0654. The molecule has 0 aromatic rings. The number of amides is 1. The number of nitrogens with one attached hydrogen (secondary N) is 1. The van der Waals surface area contributed by atoms with Gasteiger partial charge in [0.2, 0.25) is 5.91 Å². The van der Waals surface area contributed by atoms with Crippen LogP contribution >= 0.6 is 0 Å². The maximum Gasteiger partial charge on any atom is 0.239 e. The zero-order valence-corrected chi connectivity index (χ0v) is 10.3. The molecule has 1 N–H and O–H groups in total. The average Bonchev–Trinajstić information content (AvgIpc) is 2.19. The summed E-state index contributed by atoms with van der Waals surface area (Å²) < 4.78 is 0. The van der Waals surface area contributed by atoms with Crippen molar-refractivity contribution < 1.29 is 4.79 Å². The second kappa shape index (κ2) is 6.11. The van der Waals surface area contributed by atoms with Crippen LogP contribution in [0.2, 0.25) is 0 Å². The molecule has 1 aliphatic rings. The fourth-order valence-electron chi connectivity index (χ4n) is 2.07. The van der Waals surface area contributed by atoms with Crippen LogP contribution in [0.5, 0.6) is 0 Å². The zero-order chi connectivity index (χ0) is 11.3. The van der Waals surface area contributed by atoms with Crippen LogP contribution in [-0.4, -0.2) is 36.0 Å². The molecule has 1 unspecified atom stereocenters. The molecule has 0 aromatic heterocycles. The van der Waals surface area contributed by atoms with E-state index in [-0.39, 0.29) is 6.04 Å². The Morgan fingerprint density at radius 1 is 1.53 bits per heavy atom. The van der Waals surface area contributed by atoms with Crippen molar-refractivity contribution in [2.24, 2.45) is 0 Å². The van der Waals surface area contributed by atoms with Crippen LogP contribution in [0.15, 0.2) is 0 Å². The van der Waals surface area contributed by atoms with Crippen molar-refractivity contribution in [1.29, 1.82) is 0 Å². The van der Waals surface area contributed by atoms with E-state index in [9.17, 15) is 4.79 Å². The summed E-state index contributed by atoms with van der Waals surface area (Å²) in [7, 11) is 0. The topological polar surface area (TPSA) is 32.3 Å². The Balaban J connectivity index is 2.43. The van der Waals surface area contributed by atoms with Crippen molar-refractivity contribution in [3.05, 3.63) is 0 Å². The molecule has 0 spiro atoms. The standard InChI is InChI=1S/C12H24N2O/c1-4-5-8-14-9-6-7-11(12(14)15)13-10(2)3/h10-11,13H,4-9H2,1-3H3. The van der Waals surface area contributed by atoms with E-state index in [0.29, 0.717) is 11.9 Å². The zero-order valence-electron chi connectivity index (χ0n) is 10.3. The Bertz CT molecular complexity index is 204. The average molecular weight is 212 g/mol. The number of hydrogen-bond donors (Lipinski definition) is 1. The molecule has 15 heavy (non-hydrogen) atoms. The summed E-state index contributed by atoms with van der Waals surface area (Å²) in [5.41, 5.74) is 0. The molecular weight excluding hydrogens is 188 g/mol. The first kappa shape index (κ1) is 12.5. The Morgan fingerprint density at radius 3 is 2.87 bits per heavy atom. The van der Waals surface area contributed by atoms with Gasteiger partial charge in [0.1, 0.15) is 0 Å². The van der Waals surface area contributed by atoms with E-state index < -0.39 is 0 Å². The van der Waals surface area contributed by atoms with Crippen molar-refractivity contribution in [1.82, 2.24) is 10.2 Å². The summed E-state index contributed by atoms with van der Waals surface area (Å²) in [5.74, 6) is 0.309. The Labute approximate surface area is 93.2 Å². The molecule has 1 rings (SSSR count). The third kappa shape index (κ3) is 3.82. The van der Waals surface area contributed by atoms with Gasteiger partial charge in [0.05, 0.1) is 6.04 Å². The Kier molecular flexibility index (Phi) is 5.09. The van der Waals surface area contributed by atoms with Gasteiger partial charge in [-0.1, -0.05) is 27.2 Å². The molecule has 1 aliphatic heterocycles. The van der Waals surface area contributed by atoms with Crippen LogP contribution in [0.3, 0.4) is 0 Å². The molecule has 3 heteroatoms. The van der Waals surface area contributed by atoms with Crippen LogP contribution in [0.4, 0.5) is 0 Å². The van der Waals surface area contributed by atoms with Gasteiger partial charge in [0.15, 0.2) is 0 Å². The number of hydrogen-bond acceptors (Lipinski definition) is 2. The summed E-state index contributed by atoms with van der Waals surface area (Å²) >= 11 is 0. The van der Waals surface area contributed by atoms with E-state index in [2.05, 4.69) is 26.1 Å². The van der Waals surface area contributed by atoms with Gasteiger partial charge in [-0.15, -0.1) is 0 Å². The number of unbranched alkanes of at least 4 members (excludes halogenated alkanes) is 1. The van der Waals surface area contributed by atoms with E-state index in [1.165, 1.54) is 0 Å². The van der Waals surface area contributed by atoms with Crippen LogP contribution < -0.4 is 5.32 Å². The monoisotopic (exact) mass is 212 g/mol. The number of carbonyl (C=O) groups is 1. The van der Waals surface area contributed by atoms with Gasteiger partial charge in [-0.05, 0) is 19.3 Å². The van der Waals surface area contributed by atoms with E-state index in [0.717, 1.165) is 38.8 Å². The second-order valence-corrected chi connectivity index (χ2v) is 4.70. The molecule has 88 valence electrons. The highest BCUT2D eigenvalue weighted by Crippen LogP contribution is 2.13. The summed E-state index contributed by atoms with van der Waals surface area (Å²) in [4.78, 5) is 14.1. The summed E-state index contributed by atoms with van der Waals surface area (Å²) in [6.07, 6.45) is 4.42. The molecule has 0 radical (unpaired) electrons. The van der Waals surface area contributed by atoms with Gasteiger partial charge in [-0.25, -0.2) is 0 Å². The van der Waals surface area contributed by atoms with Gasteiger partial charge in [-0.3, -0.25) is 4.79 Å². The lowest BCUT2D eigenvalue weighted by Gasteiger charge is -2.33. The summed E-state index contributed by atoms with van der Waals surface area (Å²) in [6, 6.07) is 0.459. The molecule has 1 fully saturated rings. The van der Waals surface area contributed by atoms with Gasteiger partial charge in [0, 0.05) is 19.1 Å². The largest absolute Gasteiger partial charge is 0.341 e. The normalized spacial score (nSPS) is 22.5. The van der Waals surface area contributed by atoms with Crippen LogP contribution in [-0.2, 0) is 4.79 Å². The third-order valence-corrected chi connectivity index (χ3v) is 2.85. The number of nitrogens with zero attached hydrogens (tertiary/aromatic N) is 1. The van der Waals surface area contributed by atoms with Crippen molar-refractivity contribution in [2.45, 2.75) is 58.5 Å². The maximum atomic E-state index is 12.0. The third-order valence-electron chi connectivity index (χ3n) is 2.85. The minimum absolute atomic E-state index is 0.0654. The van der Waals surface area contributed by atoms with Crippen LogP contribution in [0.1, 0.15) is 46.5 Å². The highest BCUT2D eigenvalue weighted by molar-refractivity contribution is 5.82. The SMILES string of the molecule is CCCCN1CCCC(NC(C)C)C1=O. The highest BCUT2D eigenvalue weighted by Gasteiger charge is 2.28. The fraction of sp³-hybridized carbons (Fsp3) is 0.917. The van der Waals surface area contributed by atoms with E-state index in [1.54, 1.807) is 0 Å². The molecule has 0 bridgehead atoms. The molecule has 1 heterocycles.